The number of amides is 1. The van der Waals surface area contributed by atoms with E-state index >= 15 is 0 Å². The third-order valence-corrected chi connectivity index (χ3v) is 2.70. The minimum Gasteiger partial charge on any atom is -0.317 e. The van der Waals surface area contributed by atoms with E-state index in [0.717, 1.165) is 23.7 Å². The molecule has 0 aromatic carbocycles. The second kappa shape index (κ2) is 75.4. The van der Waals surface area contributed by atoms with E-state index in [4.69, 9.17) is 0 Å². The molecule has 1 aliphatic heterocycles. The van der Waals surface area contributed by atoms with Crippen LogP contribution in [0.2, 0.25) is 0 Å². The largest absolute Gasteiger partial charge is 0.317 e. The van der Waals surface area contributed by atoms with Gasteiger partial charge in [0, 0.05) is 49.3 Å². The van der Waals surface area contributed by atoms with Crippen LogP contribution in [0.1, 0.15) is 152 Å². The van der Waals surface area contributed by atoms with Crippen molar-refractivity contribution in [2.45, 2.75) is 152 Å². The maximum Gasteiger partial charge on any atom is 0.226 e. The van der Waals surface area contributed by atoms with Crippen molar-refractivity contribution in [1.29, 1.82) is 0 Å². The lowest BCUT2D eigenvalue weighted by Crippen LogP contribution is -2.25. The molecule has 0 radical (unpaired) electrons. The number of hydrogen-bond donors (Lipinski definition) is 1. The molecule has 0 spiro atoms. The van der Waals surface area contributed by atoms with Gasteiger partial charge in [-0.3, -0.25) is 19.8 Å². The van der Waals surface area contributed by atoms with Crippen molar-refractivity contribution in [3.8, 4) is 0 Å². The van der Waals surface area contributed by atoms with Crippen LogP contribution in [0, 0.1) is 23.7 Å². The van der Waals surface area contributed by atoms with Crippen molar-refractivity contribution in [3.05, 3.63) is 72.5 Å². The minimum absolute atomic E-state index is 0. The number of hydrogen-bond acceptors (Lipinski definition) is 7. The van der Waals surface area contributed by atoms with Crippen LogP contribution in [-0.2, 0) is 4.79 Å². The molecule has 292 valence electrons. The summed E-state index contributed by atoms with van der Waals surface area (Å²) in [6, 6.07) is 7.49. The predicted molar refractivity (Wildman–Crippen MR) is 229 cm³/mol. The van der Waals surface area contributed by atoms with Crippen molar-refractivity contribution in [1.82, 2.24) is 25.3 Å². The van der Waals surface area contributed by atoms with Crippen molar-refractivity contribution in [2.24, 2.45) is 28.7 Å². The molecule has 3 aromatic rings. The number of thiazole rings is 1. The van der Waals surface area contributed by atoms with Gasteiger partial charge in [0.05, 0.1) is 11.8 Å². The van der Waals surface area contributed by atoms with E-state index in [1.165, 1.54) is 12.7 Å². The maximum atomic E-state index is 10.3. The number of rotatable bonds is 0. The Bertz CT molecular complexity index is 677. The zero-order valence-corrected chi connectivity index (χ0v) is 36.1. The highest BCUT2D eigenvalue weighted by atomic mass is 32.1. The van der Waals surface area contributed by atoms with E-state index in [1.54, 1.807) is 53.9 Å². The molecular formula is C41H86N6OS. The number of aliphatic imine (C=N–C) groups is 1. The summed E-state index contributed by atoms with van der Waals surface area (Å²) in [5.41, 5.74) is 1.79. The van der Waals surface area contributed by atoms with Crippen LogP contribution in [0.4, 0.5) is 0 Å². The number of nitrogens with one attached hydrogen (secondary N) is 1. The van der Waals surface area contributed by atoms with E-state index in [0.29, 0.717) is 13.0 Å². The van der Waals surface area contributed by atoms with Gasteiger partial charge < -0.3 is 5.32 Å². The summed E-state index contributed by atoms with van der Waals surface area (Å²) in [6.45, 7) is 42.6. The monoisotopic (exact) mass is 711 g/mol. The second-order valence-corrected chi connectivity index (χ2v) is 11.6. The molecule has 0 saturated heterocycles. The molecule has 0 fully saturated rings. The van der Waals surface area contributed by atoms with Crippen LogP contribution < -0.4 is 5.32 Å². The summed E-state index contributed by atoms with van der Waals surface area (Å²) in [7, 11) is 0. The first kappa shape index (κ1) is 68.0. The molecule has 0 unspecified atom stereocenters. The van der Waals surface area contributed by atoms with Gasteiger partial charge in [-0.1, -0.05) is 152 Å². The molecule has 1 aliphatic rings. The molecule has 49 heavy (non-hydrogen) atoms. The number of carbonyl (C=O) groups is 1. The van der Waals surface area contributed by atoms with Crippen LogP contribution >= 0.6 is 11.3 Å². The molecule has 1 N–H and O–H groups in total. The Hall–Kier alpha value is -3.00. The highest BCUT2D eigenvalue weighted by molar-refractivity contribution is 7.07. The summed E-state index contributed by atoms with van der Waals surface area (Å²) in [6.07, 6.45) is 12.1. The van der Waals surface area contributed by atoms with E-state index in [1.807, 2.05) is 79.0 Å². The molecule has 0 aliphatic carbocycles. The average molecular weight is 711 g/mol. The van der Waals surface area contributed by atoms with E-state index in [-0.39, 0.29) is 13.3 Å². The first-order chi connectivity index (χ1) is 22.8. The highest BCUT2D eigenvalue weighted by Crippen LogP contribution is 1.86. The van der Waals surface area contributed by atoms with Crippen LogP contribution in [0.5, 0.6) is 0 Å². The van der Waals surface area contributed by atoms with Gasteiger partial charge in [0.1, 0.15) is 6.33 Å². The Kier molecular flexibility index (Phi) is 105. The van der Waals surface area contributed by atoms with Crippen LogP contribution in [0.15, 0.2) is 77.5 Å². The predicted octanol–water partition coefficient (Wildman–Crippen LogP) is 13.6. The normalized spacial score (nSPS) is 8.94. The van der Waals surface area contributed by atoms with Crippen LogP contribution in [0.3, 0.4) is 0 Å². The van der Waals surface area contributed by atoms with Gasteiger partial charge >= 0.3 is 0 Å². The van der Waals surface area contributed by atoms with Gasteiger partial charge in [-0.05, 0) is 41.9 Å². The van der Waals surface area contributed by atoms with Crippen molar-refractivity contribution >= 4 is 23.6 Å². The smallest absolute Gasteiger partial charge is 0.226 e. The quantitative estimate of drug-likeness (QED) is 0.251. The summed E-state index contributed by atoms with van der Waals surface area (Å²) in [4.78, 5) is 28.9. The van der Waals surface area contributed by atoms with Gasteiger partial charge in [0.15, 0.2) is 0 Å². The van der Waals surface area contributed by atoms with Crippen LogP contribution in [-0.4, -0.2) is 38.7 Å². The van der Waals surface area contributed by atoms with E-state index in [2.05, 4.69) is 113 Å². The Morgan fingerprint density at radius 3 is 1.02 bits per heavy atom. The molecule has 0 atom stereocenters. The Morgan fingerprint density at radius 2 is 0.918 bits per heavy atom. The molecule has 1 amide bonds. The zero-order chi connectivity index (χ0) is 39.4. The molecule has 4 heterocycles. The van der Waals surface area contributed by atoms with Gasteiger partial charge in [-0.2, -0.15) is 0 Å². The zero-order valence-electron chi connectivity index (χ0n) is 35.3. The third-order valence-electron chi connectivity index (χ3n) is 2.18. The topological polar surface area (TPSA) is 93.0 Å². The highest BCUT2D eigenvalue weighted by Gasteiger charge is 1.99. The van der Waals surface area contributed by atoms with E-state index in [9.17, 15) is 4.79 Å². The van der Waals surface area contributed by atoms with Gasteiger partial charge in [-0.15, -0.1) is 11.3 Å². The molecular weight excluding hydrogens is 625 g/mol. The summed E-state index contributed by atoms with van der Waals surface area (Å²) < 4.78 is 0. The summed E-state index contributed by atoms with van der Waals surface area (Å²) >= 11 is 1.60. The average Bonchev–Trinajstić information content (AvgIpc) is 3.67. The maximum absolute atomic E-state index is 10.3. The molecule has 0 bridgehead atoms. The lowest BCUT2D eigenvalue weighted by molar-refractivity contribution is -0.119. The SMILES string of the molecule is C.CC.CC.CC.CC.CC(C)C.CC(C)C.CC(C)C.CC(C)C.O=C1CCN=CN1.c1ccncc1.c1cncnc1.c1cscn1. The fourth-order valence-electron chi connectivity index (χ4n) is 1.16. The molecule has 8 heteroatoms. The van der Waals surface area contributed by atoms with Crippen LogP contribution in [0.25, 0.3) is 0 Å². The Balaban J connectivity index is -0.0000000521. The van der Waals surface area contributed by atoms with Gasteiger partial charge in [0.25, 0.3) is 0 Å². The fraction of sp³-hybridized carbons (Fsp3) is 0.659. The first-order valence-electron chi connectivity index (χ1n) is 18.0. The number of carbonyl (C=O) groups excluding carboxylic acids is 1. The standard InChI is InChI=1S/C5H5N.C4H6N2O.C4H4N2.4C4H10.C3H3NS.4C2H6.CH4/c1-2-4-6-5-3-1;7-4-1-2-5-3-6-4;1-2-5-4-6-3-1;4*1-4(2)3;1-2-5-3-4-1;4*1-2;/h1-5H;3H,1-2H2,(H,5,6,7);1-4H;4*4H,1-3H3;1-3H;4*1-2H3;1H4. The summed E-state index contributed by atoms with van der Waals surface area (Å²) in [5.74, 6) is 3.40. The lowest BCUT2D eigenvalue weighted by Gasteiger charge is -2.00. The van der Waals surface area contributed by atoms with Gasteiger partial charge in [-0.25, -0.2) is 9.97 Å². The number of aromatic nitrogens is 4. The van der Waals surface area contributed by atoms with Crippen molar-refractivity contribution in [3.63, 3.8) is 0 Å². The van der Waals surface area contributed by atoms with E-state index < -0.39 is 0 Å². The lowest BCUT2D eigenvalue weighted by atomic mass is 10.3. The summed E-state index contributed by atoms with van der Waals surface area (Å²) in [5, 5.41) is 4.38. The van der Waals surface area contributed by atoms with Gasteiger partial charge in [0.2, 0.25) is 5.91 Å². The van der Waals surface area contributed by atoms with Crippen molar-refractivity contribution in [2.75, 3.05) is 6.54 Å². The first-order valence-corrected chi connectivity index (χ1v) is 18.9. The number of pyridine rings is 1. The Labute approximate surface area is 312 Å². The molecule has 4 rings (SSSR count). The molecule has 3 aromatic heterocycles. The molecule has 7 nitrogen and oxygen atoms in total. The third kappa shape index (κ3) is 172. The number of nitrogens with zero attached hydrogens (tertiary/aromatic N) is 5. The minimum atomic E-state index is 0. The van der Waals surface area contributed by atoms with Crippen molar-refractivity contribution < 1.29 is 4.79 Å². The second-order valence-electron chi connectivity index (χ2n) is 10.9. The fourth-order valence-corrected chi connectivity index (χ4v) is 1.51. The molecule has 0 saturated carbocycles. The Morgan fingerprint density at radius 1 is 0.551 bits per heavy atom.